The second kappa shape index (κ2) is 7.55. The number of halogens is 1. The van der Waals surface area contributed by atoms with Crippen LogP contribution in [0.4, 0.5) is 10.1 Å². The standard InChI is InChI=1S/C17H19FN2O3S/c1-12-7-9-14(10-8-12)11-24(22,23)20-13(2)17(21)19-16-6-4-3-5-15(16)18/h3-10,13,20H,11H2,1-2H3,(H,19,21). The lowest BCUT2D eigenvalue weighted by Gasteiger charge is -2.15. The van der Waals surface area contributed by atoms with Gasteiger partial charge in [-0.1, -0.05) is 42.0 Å². The first kappa shape index (κ1) is 18.1. The third-order valence-corrected chi connectivity index (χ3v) is 4.78. The van der Waals surface area contributed by atoms with Crippen molar-refractivity contribution in [2.45, 2.75) is 25.6 Å². The van der Waals surface area contributed by atoms with Crippen molar-refractivity contribution in [1.82, 2.24) is 4.72 Å². The first-order chi connectivity index (χ1) is 11.3. The normalized spacial score (nSPS) is 12.6. The van der Waals surface area contributed by atoms with Gasteiger partial charge in [0, 0.05) is 0 Å². The SMILES string of the molecule is Cc1ccc(CS(=O)(=O)NC(C)C(=O)Nc2ccccc2F)cc1. The van der Waals surface area contributed by atoms with Gasteiger partial charge in [0.2, 0.25) is 15.9 Å². The fourth-order valence-electron chi connectivity index (χ4n) is 2.07. The number of carbonyl (C=O) groups excluding carboxylic acids is 1. The zero-order valence-corrected chi connectivity index (χ0v) is 14.2. The smallest absolute Gasteiger partial charge is 0.242 e. The van der Waals surface area contributed by atoms with E-state index in [1.165, 1.54) is 25.1 Å². The van der Waals surface area contributed by atoms with E-state index < -0.39 is 27.8 Å². The molecule has 24 heavy (non-hydrogen) atoms. The molecule has 0 bridgehead atoms. The number of aryl methyl sites for hydroxylation is 1. The average molecular weight is 350 g/mol. The molecule has 0 radical (unpaired) electrons. The summed E-state index contributed by atoms with van der Waals surface area (Å²) in [7, 11) is -3.70. The highest BCUT2D eigenvalue weighted by atomic mass is 32.2. The molecule has 0 heterocycles. The molecule has 128 valence electrons. The van der Waals surface area contributed by atoms with Crippen molar-refractivity contribution in [2.24, 2.45) is 0 Å². The third kappa shape index (κ3) is 5.14. The number of hydrogen-bond acceptors (Lipinski definition) is 3. The molecule has 0 aliphatic heterocycles. The minimum Gasteiger partial charge on any atom is -0.322 e. The molecule has 2 aromatic rings. The summed E-state index contributed by atoms with van der Waals surface area (Å²) in [5.74, 6) is -1.45. The molecule has 1 amide bonds. The van der Waals surface area contributed by atoms with Crippen LogP contribution in [0.5, 0.6) is 0 Å². The van der Waals surface area contributed by atoms with Crippen molar-refractivity contribution in [1.29, 1.82) is 0 Å². The Bertz CT molecular complexity index is 820. The molecule has 0 fully saturated rings. The summed E-state index contributed by atoms with van der Waals surface area (Å²) in [5.41, 5.74) is 1.66. The van der Waals surface area contributed by atoms with E-state index in [1.807, 2.05) is 19.1 Å². The first-order valence-corrected chi connectivity index (χ1v) is 9.03. The van der Waals surface area contributed by atoms with Crippen LogP contribution in [0.3, 0.4) is 0 Å². The predicted octanol–water partition coefficient (Wildman–Crippen LogP) is 2.58. The lowest BCUT2D eigenvalue weighted by molar-refractivity contribution is -0.117. The highest BCUT2D eigenvalue weighted by Crippen LogP contribution is 2.13. The van der Waals surface area contributed by atoms with Gasteiger partial charge < -0.3 is 5.32 Å². The van der Waals surface area contributed by atoms with Crippen LogP contribution in [0.1, 0.15) is 18.1 Å². The van der Waals surface area contributed by atoms with Crippen LogP contribution in [-0.4, -0.2) is 20.4 Å². The van der Waals surface area contributed by atoms with Crippen LogP contribution in [0, 0.1) is 12.7 Å². The molecule has 1 unspecified atom stereocenters. The highest BCUT2D eigenvalue weighted by Gasteiger charge is 2.21. The summed E-state index contributed by atoms with van der Waals surface area (Å²) < 4.78 is 40.1. The Morgan fingerprint density at radius 3 is 2.38 bits per heavy atom. The number of anilines is 1. The molecule has 7 heteroatoms. The number of amides is 1. The Labute approximate surface area is 141 Å². The van der Waals surface area contributed by atoms with Gasteiger partial charge in [-0.2, -0.15) is 0 Å². The molecule has 5 nitrogen and oxygen atoms in total. The quantitative estimate of drug-likeness (QED) is 0.841. The molecule has 0 aliphatic carbocycles. The van der Waals surface area contributed by atoms with Crippen LogP contribution in [0.15, 0.2) is 48.5 Å². The third-order valence-electron chi connectivity index (χ3n) is 3.36. The van der Waals surface area contributed by atoms with Crippen molar-refractivity contribution in [3.05, 3.63) is 65.5 Å². The van der Waals surface area contributed by atoms with E-state index in [4.69, 9.17) is 0 Å². The second-order valence-electron chi connectivity index (χ2n) is 5.55. The van der Waals surface area contributed by atoms with Gasteiger partial charge in [-0.15, -0.1) is 0 Å². The largest absolute Gasteiger partial charge is 0.322 e. The fraction of sp³-hybridized carbons (Fsp3) is 0.235. The Balaban J connectivity index is 1.99. The number of carbonyl (C=O) groups is 1. The molecule has 2 N–H and O–H groups in total. The summed E-state index contributed by atoms with van der Waals surface area (Å²) in [4.78, 5) is 12.0. The van der Waals surface area contributed by atoms with Gasteiger partial charge >= 0.3 is 0 Å². The number of hydrogen-bond donors (Lipinski definition) is 2. The van der Waals surface area contributed by atoms with Gasteiger partial charge in [-0.25, -0.2) is 17.5 Å². The van der Waals surface area contributed by atoms with Crippen LogP contribution >= 0.6 is 0 Å². The summed E-state index contributed by atoms with van der Waals surface area (Å²) in [5, 5.41) is 2.36. The molecule has 2 rings (SSSR count). The zero-order chi connectivity index (χ0) is 17.7. The van der Waals surface area contributed by atoms with Gasteiger partial charge in [0.15, 0.2) is 0 Å². The Morgan fingerprint density at radius 2 is 1.75 bits per heavy atom. The molecule has 0 saturated carbocycles. The van der Waals surface area contributed by atoms with Gasteiger partial charge in [0.1, 0.15) is 5.82 Å². The van der Waals surface area contributed by atoms with Gasteiger partial charge in [-0.05, 0) is 31.5 Å². The van der Waals surface area contributed by atoms with E-state index in [0.29, 0.717) is 5.56 Å². The van der Waals surface area contributed by atoms with Gasteiger partial charge in [-0.3, -0.25) is 4.79 Å². The van der Waals surface area contributed by atoms with Gasteiger partial charge in [0.25, 0.3) is 0 Å². The predicted molar refractivity (Wildman–Crippen MR) is 91.4 cm³/mol. The monoisotopic (exact) mass is 350 g/mol. The van der Waals surface area contributed by atoms with Crippen molar-refractivity contribution in [2.75, 3.05) is 5.32 Å². The molecule has 0 aliphatic rings. The van der Waals surface area contributed by atoms with Crippen molar-refractivity contribution >= 4 is 21.6 Å². The zero-order valence-electron chi connectivity index (χ0n) is 13.4. The van der Waals surface area contributed by atoms with Crippen LogP contribution < -0.4 is 10.0 Å². The van der Waals surface area contributed by atoms with Crippen molar-refractivity contribution < 1.29 is 17.6 Å². The maximum Gasteiger partial charge on any atom is 0.242 e. The molecular formula is C17H19FN2O3S. The average Bonchev–Trinajstić information content (AvgIpc) is 2.51. The number of sulfonamides is 1. The lowest BCUT2D eigenvalue weighted by atomic mass is 10.2. The van der Waals surface area contributed by atoms with Crippen LogP contribution in [0.25, 0.3) is 0 Å². The summed E-state index contributed by atoms with van der Waals surface area (Å²) in [6.45, 7) is 3.31. The summed E-state index contributed by atoms with van der Waals surface area (Å²) >= 11 is 0. The fourth-order valence-corrected chi connectivity index (χ4v) is 3.43. The lowest BCUT2D eigenvalue weighted by Crippen LogP contribution is -2.42. The Hall–Kier alpha value is -2.25. The molecule has 1 atom stereocenters. The molecule has 0 saturated heterocycles. The molecule has 0 spiro atoms. The van der Waals surface area contributed by atoms with Crippen LogP contribution in [-0.2, 0) is 20.6 Å². The second-order valence-corrected chi connectivity index (χ2v) is 7.31. The summed E-state index contributed by atoms with van der Waals surface area (Å²) in [6, 6.07) is 11.7. The highest BCUT2D eigenvalue weighted by molar-refractivity contribution is 7.88. The van der Waals surface area contributed by atoms with E-state index in [2.05, 4.69) is 10.0 Å². The Kier molecular flexibility index (Phi) is 5.69. The topological polar surface area (TPSA) is 75.3 Å². The number of benzene rings is 2. The van der Waals surface area contributed by atoms with Crippen LogP contribution in [0.2, 0.25) is 0 Å². The molecule has 0 aromatic heterocycles. The minimum atomic E-state index is -3.70. The summed E-state index contributed by atoms with van der Waals surface area (Å²) in [6.07, 6.45) is 0. The Morgan fingerprint density at radius 1 is 1.12 bits per heavy atom. The van der Waals surface area contributed by atoms with Crippen molar-refractivity contribution in [3.8, 4) is 0 Å². The molecule has 2 aromatic carbocycles. The minimum absolute atomic E-state index is 0.00656. The van der Waals surface area contributed by atoms with E-state index in [-0.39, 0.29) is 11.4 Å². The van der Waals surface area contributed by atoms with E-state index in [9.17, 15) is 17.6 Å². The first-order valence-electron chi connectivity index (χ1n) is 7.38. The molecular weight excluding hydrogens is 331 g/mol. The van der Waals surface area contributed by atoms with E-state index >= 15 is 0 Å². The van der Waals surface area contributed by atoms with E-state index in [1.54, 1.807) is 18.2 Å². The maximum absolute atomic E-state index is 13.5. The number of nitrogens with one attached hydrogen (secondary N) is 2. The van der Waals surface area contributed by atoms with Crippen molar-refractivity contribution in [3.63, 3.8) is 0 Å². The number of para-hydroxylation sites is 1. The number of rotatable bonds is 6. The maximum atomic E-state index is 13.5. The van der Waals surface area contributed by atoms with E-state index in [0.717, 1.165) is 5.56 Å². The van der Waals surface area contributed by atoms with Gasteiger partial charge in [0.05, 0.1) is 17.5 Å².